The topological polar surface area (TPSA) is 12.0 Å². The fraction of sp³-hybridized carbons (Fsp3) is 0.647. The van der Waals surface area contributed by atoms with E-state index in [9.17, 15) is 0 Å². The van der Waals surface area contributed by atoms with Crippen molar-refractivity contribution in [2.75, 3.05) is 6.54 Å². The molecule has 0 aliphatic heterocycles. The Morgan fingerprint density at radius 2 is 1.94 bits per heavy atom. The zero-order valence-electron chi connectivity index (χ0n) is 12.1. The van der Waals surface area contributed by atoms with Crippen molar-refractivity contribution in [2.24, 2.45) is 5.92 Å². The average Bonchev–Trinajstić information content (AvgIpc) is 2.76. The summed E-state index contributed by atoms with van der Waals surface area (Å²) in [4.78, 5) is 0. The predicted octanol–water partition coefficient (Wildman–Crippen LogP) is 3.74. The van der Waals surface area contributed by atoms with Crippen LogP contribution in [0, 0.1) is 5.92 Å². The zero-order valence-corrected chi connectivity index (χ0v) is 12.1. The highest BCUT2D eigenvalue weighted by molar-refractivity contribution is 5.35. The van der Waals surface area contributed by atoms with Gasteiger partial charge >= 0.3 is 0 Å². The van der Waals surface area contributed by atoms with E-state index in [1.54, 1.807) is 11.1 Å². The summed E-state index contributed by atoms with van der Waals surface area (Å²) in [5, 5.41) is 3.50. The van der Waals surface area contributed by atoms with Crippen molar-refractivity contribution >= 4 is 0 Å². The van der Waals surface area contributed by atoms with Crippen LogP contribution in [0.5, 0.6) is 0 Å². The van der Waals surface area contributed by atoms with Crippen molar-refractivity contribution in [3.63, 3.8) is 0 Å². The van der Waals surface area contributed by atoms with E-state index in [0.717, 1.165) is 12.5 Å². The monoisotopic (exact) mass is 245 g/mol. The van der Waals surface area contributed by atoms with E-state index in [2.05, 4.69) is 44.3 Å². The summed E-state index contributed by atoms with van der Waals surface area (Å²) in [6.45, 7) is 7.93. The first-order valence-corrected chi connectivity index (χ1v) is 7.53. The minimum atomic E-state index is 0.638. The van der Waals surface area contributed by atoms with Crippen molar-refractivity contribution in [3.05, 3.63) is 34.9 Å². The number of hydrogen-bond donors (Lipinski definition) is 1. The Kier molecular flexibility index (Phi) is 4.82. The molecule has 0 heterocycles. The van der Waals surface area contributed by atoms with Crippen molar-refractivity contribution in [1.29, 1.82) is 0 Å². The lowest BCUT2D eigenvalue weighted by atomic mass is 9.93. The third-order valence-electron chi connectivity index (χ3n) is 4.06. The lowest BCUT2D eigenvalue weighted by Gasteiger charge is -2.18. The van der Waals surface area contributed by atoms with Gasteiger partial charge in [-0.1, -0.05) is 32.0 Å². The molecular weight excluding hydrogens is 218 g/mol. The van der Waals surface area contributed by atoms with E-state index in [4.69, 9.17) is 0 Å². The first kappa shape index (κ1) is 13.6. The summed E-state index contributed by atoms with van der Waals surface area (Å²) in [5.74, 6) is 0.763. The second-order valence-corrected chi connectivity index (χ2v) is 5.96. The molecule has 1 aliphatic rings. The smallest absolute Gasteiger partial charge is 0.00412 e. The molecule has 2 atom stereocenters. The Balaban J connectivity index is 1.89. The second-order valence-electron chi connectivity index (χ2n) is 5.96. The standard InChI is InChI=1S/C17H27N/c1-4-18-14(3)10-13(2)11-15-8-9-16-6-5-7-17(16)12-15/h8-9,12-14,18H,4-7,10-11H2,1-3H3. The summed E-state index contributed by atoms with van der Waals surface area (Å²) in [5.41, 5.74) is 4.73. The zero-order chi connectivity index (χ0) is 13.0. The minimum absolute atomic E-state index is 0.638. The van der Waals surface area contributed by atoms with Gasteiger partial charge in [0.1, 0.15) is 0 Å². The van der Waals surface area contributed by atoms with Crippen molar-refractivity contribution in [3.8, 4) is 0 Å². The summed E-state index contributed by atoms with van der Waals surface area (Å²) < 4.78 is 0. The van der Waals surface area contributed by atoms with Crippen molar-refractivity contribution in [2.45, 2.75) is 58.9 Å². The Hall–Kier alpha value is -0.820. The van der Waals surface area contributed by atoms with E-state index in [-0.39, 0.29) is 0 Å². The van der Waals surface area contributed by atoms with Crippen LogP contribution < -0.4 is 5.32 Å². The van der Waals surface area contributed by atoms with Gasteiger partial charge in [0.15, 0.2) is 0 Å². The summed E-state index contributed by atoms with van der Waals surface area (Å²) >= 11 is 0. The predicted molar refractivity (Wildman–Crippen MR) is 79.1 cm³/mol. The lowest BCUT2D eigenvalue weighted by Crippen LogP contribution is -2.27. The molecule has 0 spiro atoms. The van der Waals surface area contributed by atoms with Gasteiger partial charge in [-0.15, -0.1) is 0 Å². The van der Waals surface area contributed by atoms with Crippen LogP contribution in [0.1, 0.15) is 50.3 Å². The summed E-state index contributed by atoms with van der Waals surface area (Å²) in [7, 11) is 0. The maximum Gasteiger partial charge on any atom is 0.00412 e. The molecule has 100 valence electrons. The van der Waals surface area contributed by atoms with Gasteiger partial charge in [0.25, 0.3) is 0 Å². The van der Waals surface area contributed by atoms with Crippen LogP contribution in [0.3, 0.4) is 0 Å². The Morgan fingerprint density at radius 1 is 1.17 bits per heavy atom. The van der Waals surface area contributed by atoms with E-state index in [1.807, 2.05) is 0 Å². The largest absolute Gasteiger partial charge is 0.315 e. The van der Waals surface area contributed by atoms with Gasteiger partial charge in [0, 0.05) is 6.04 Å². The van der Waals surface area contributed by atoms with Gasteiger partial charge < -0.3 is 5.32 Å². The molecule has 1 aliphatic carbocycles. The first-order valence-electron chi connectivity index (χ1n) is 7.53. The van der Waals surface area contributed by atoms with Gasteiger partial charge in [-0.3, -0.25) is 0 Å². The molecule has 1 heteroatoms. The molecule has 1 N–H and O–H groups in total. The van der Waals surface area contributed by atoms with Gasteiger partial charge in [-0.05, 0) is 68.2 Å². The van der Waals surface area contributed by atoms with Crippen LogP contribution in [-0.4, -0.2) is 12.6 Å². The highest BCUT2D eigenvalue weighted by Gasteiger charge is 2.13. The molecule has 0 bridgehead atoms. The first-order chi connectivity index (χ1) is 8.69. The molecule has 0 saturated heterocycles. The minimum Gasteiger partial charge on any atom is -0.315 e. The quantitative estimate of drug-likeness (QED) is 0.805. The number of hydrogen-bond acceptors (Lipinski definition) is 1. The second kappa shape index (κ2) is 6.38. The normalized spacial score (nSPS) is 17.5. The molecule has 1 aromatic carbocycles. The van der Waals surface area contributed by atoms with Gasteiger partial charge in [0.05, 0.1) is 0 Å². The number of fused-ring (bicyclic) bond motifs is 1. The summed E-state index contributed by atoms with van der Waals surface area (Å²) in [6, 6.07) is 7.80. The number of benzene rings is 1. The lowest BCUT2D eigenvalue weighted by molar-refractivity contribution is 0.426. The van der Waals surface area contributed by atoms with Gasteiger partial charge in [-0.2, -0.15) is 0 Å². The van der Waals surface area contributed by atoms with Crippen molar-refractivity contribution < 1.29 is 0 Å². The fourth-order valence-corrected chi connectivity index (χ4v) is 3.27. The highest BCUT2D eigenvalue weighted by atomic mass is 14.9. The van der Waals surface area contributed by atoms with E-state index < -0.39 is 0 Å². The SMILES string of the molecule is CCNC(C)CC(C)Cc1ccc2c(c1)CCC2. The molecule has 1 nitrogen and oxygen atoms in total. The number of rotatable bonds is 6. The average molecular weight is 245 g/mol. The molecule has 0 fully saturated rings. The van der Waals surface area contributed by atoms with Crippen LogP contribution >= 0.6 is 0 Å². The molecule has 0 aromatic heterocycles. The Morgan fingerprint density at radius 3 is 2.72 bits per heavy atom. The molecular formula is C17H27N. The molecule has 2 rings (SSSR count). The number of nitrogens with one attached hydrogen (secondary N) is 1. The van der Waals surface area contributed by atoms with E-state index >= 15 is 0 Å². The van der Waals surface area contributed by atoms with E-state index in [0.29, 0.717) is 6.04 Å². The third kappa shape index (κ3) is 3.58. The number of aryl methyl sites for hydroxylation is 2. The molecule has 0 saturated carbocycles. The maximum absolute atomic E-state index is 3.50. The molecule has 2 unspecified atom stereocenters. The molecule has 18 heavy (non-hydrogen) atoms. The Bertz CT molecular complexity index is 383. The van der Waals surface area contributed by atoms with Gasteiger partial charge in [-0.25, -0.2) is 0 Å². The van der Waals surface area contributed by atoms with Crippen LogP contribution in [0.2, 0.25) is 0 Å². The van der Waals surface area contributed by atoms with Gasteiger partial charge in [0.2, 0.25) is 0 Å². The summed E-state index contributed by atoms with van der Waals surface area (Å²) in [6.07, 6.45) is 6.44. The van der Waals surface area contributed by atoms with Crippen LogP contribution in [0.25, 0.3) is 0 Å². The fourth-order valence-electron chi connectivity index (χ4n) is 3.27. The Labute approximate surface area is 112 Å². The van der Waals surface area contributed by atoms with Crippen LogP contribution in [-0.2, 0) is 19.3 Å². The van der Waals surface area contributed by atoms with Crippen LogP contribution in [0.15, 0.2) is 18.2 Å². The van der Waals surface area contributed by atoms with Crippen LogP contribution in [0.4, 0.5) is 0 Å². The van der Waals surface area contributed by atoms with Crippen molar-refractivity contribution in [1.82, 2.24) is 5.32 Å². The maximum atomic E-state index is 3.50. The highest BCUT2D eigenvalue weighted by Crippen LogP contribution is 2.24. The third-order valence-corrected chi connectivity index (χ3v) is 4.06. The molecule has 1 aromatic rings. The van der Waals surface area contributed by atoms with E-state index in [1.165, 1.54) is 37.7 Å². The molecule has 0 amide bonds. The molecule has 0 radical (unpaired) electrons.